The van der Waals surface area contributed by atoms with Crippen LogP contribution in [0.5, 0.6) is 0 Å². The molecular weight excluding hydrogens is 314 g/mol. The van der Waals surface area contributed by atoms with Gasteiger partial charge in [0.25, 0.3) is 0 Å². The van der Waals surface area contributed by atoms with Crippen molar-refractivity contribution in [3.63, 3.8) is 0 Å². The molecule has 0 unspecified atom stereocenters. The highest BCUT2D eigenvalue weighted by Crippen LogP contribution is 2.55. The Morgan fingerprint density at radius 2 is 1.84 bits per heavy atom. The molecule has 0 atom stereocenters. The van der Waals surface area contributed by atoms with Crippen LogP contribution in [0.3, 0.4) is 0 Å². The Hall–Kier alpha value is -1.85. The molecule has 4 aliphatic carbocycles. The monoisotopic (exact) mass is 343 g/mol. The maximum atomic E-state index is 12.4. The van der Waals surface area contributed by atoms with E-state index in [9.17, 15) is 4.79 Å². The van der Waals surface area contributed by atoms with Crippen molar-refractivity contribution in [1.29, 1.82) is 0 Å². The molecule has 0 aliphatic heterocycles. The topological polar surface area (TPSA) is 71.3 Å². The minimum Gasteiger partial charge on any atom is -0.331 e. The van der Waals surface area contributed by atoms with Gasteiger partial charge in [0.2, 0.25) is 0 Å². The first-order valence-electron chi connectivity index (χ1n) is 9.63. The maximum absolute atomic E-state index is 12.4. The lowest BCUT2D eigenvalue weighted by molar-refractivity contribution is -0.0135. The molecule has 6 heteroatoms. The summed E-state index contributed by atoms with van der Waals surface area (Å²) in [5.74, 6) is 2.46. The van der Waals surface area contributed by atoms with E-state index >= 15 is 0 Å². The van der Waals surface area contributed by atoms with Crippen LogP contribution in [0.2, 0.25) is 0 Å². The summed E-state index contributed by atoms with van der Waals surface area (Å²) in [6.45, 7) is 6.90. The number of nitrogens with zero attached hydrogens (tertiary/aromatic N) is 3. The van der Waals surface area contributed by atoms with Gasteiger partial charge in [-0.05, 0) is 77.0 Å². The smallest absolute Gasteiger partial charge is 0.331 e. The Labute approximate surface area is 149 Å². The van der Waals surface area contributed by atoms with Crippen LogP contribution < -0.4 is 10.7 Å². The summed E-state index contributed by atoms with van der Waals surface area (Å²) in [5.41, 5.74) is 5.69. The zero-order chi connectivity index (χ0) is 17.6. The molecule has 1 aromatic rings. The molecule has 1 heterocycles. The summed E-state index contributed by atoms with van der Waals surface area (Å²) in [5, 5.41) is 11.9. The summed E-state index contributed by atoms with van der Waals surface area (Å²) in [6.07, 6.45) is 9.29. The second kappa shape index (κ2) is 6.15. The number of carbonyl (C=O) groups excluding carboxylic acids is 1. The molecule has 136 valence electrons. The van der Waals surface area contributed by atoms with E-state index in [4.69, 9.17) is 0 Å². The third kappa shape index (κ3) is 3.07. The molecule has 2 N–H and O–H groups in total. The van der Waals surface area contributed by atoms with Gasteiger partial charge < -0.3 is 5.32 Å². The number of amides is 2. The average molecular weight is 343 g/mol. The molecule has 2 amide bonds. The van der Waals surface area contributed by atoms with Gasteiger partial charge in [0.15, 0.2) is 0 Å². The molecule has 0 saturated heterocycles. The molecule has 1 aromatic heterocycles. The zero-order valence-corrected chi connectivity index (χ0v) is 15.5. The fourth-order valence-corrected chi connectivity index (χ4v) is 5.89. The Kier molecular flexibility index (Phi) is 4.08. The van der Waals surface area contributed by atoms with Crippen LogP contribution in [0.15, 0.2) is 5.10 Å². The van der Waals surface area contributed by atoms with Crippen LogP contribution in [0, 0.1) is 31.6 Å². The van der Waals surface area contributed by atoms with E-state index in [0.29, 0.717) is 0 Å². The number of hydrogen-bond acceptors (Lipinski definition) is 3. The fraction of sp³-hybridized carbons (Fsp3) is 0.737. The first kappa shape index (κ1) is 16.6. The normalized spacial score (nSPS) is 33.2. The number of rotatable bonds is 4. The Bertz CT molecular complexity index is 670. The van der Waals surface area contributed by atoms with Crippen molar-refractivity contribution in [2.45, 2.75) is 71.4 Å². The van der Waals surface area contributed by atoms with E-state index < -0.39 is 0 Å². The van der Waals surface area contributed by atoms with Crippen LogP contribution in [-0.2, 0) is 6.54 Å². The van der Waals surface area contributed by atoms with Crippen LogP contribution in [-0.4, -0.2) is 27.6 Å². The third-order valence-corrected chi connectivity index (χ3v) is 6.51. The van der Waals surface area contributed by atoms with E-state index in [-0.39, 0.29) is 11.6 Å². The second-order valence-electron chi connectivity index (χ2n) is 8.42. The molecule has 0 radical (unpaired) electrons. The number of urea groups is 1. The molecule has 25 heavy (non-hydrogen) atoms. The Balaban J connectivity index is 1.38. The van der Waals surface area contributed by atoms with Crippen molar-refractivity contribution in [3.8, 4) is 0 Å². The second-order valence-corrected chi connectivity index (χ2v) is 8.42. The minimum absolute atomic E-state index is 0.0211. The van der Waals surface area contributed by atoms with Crippen LogP contribution >= 0.6 is 0 Å². The number of hydrazone groups is 1. The molecule has 4 fully saturated rings. The van der Waals surface area contributed by atoms with Gasteiger partial charge in [-0.1, -0.05) is 0 Å². The molecule has 0 aromatic carbocycles. The van der Waals surface area contributed by atoms with Crippen molar-refractivity contribution in [2.24, 2.45) is 22.9 Å². The number of hydrogen-bond donors (Lipinski definition) is 2. The number of aryl methyl sites for hydroxylation is 2. The van der Waals surface area contributed by atoms with Gasteiger partial charge in [-0.2, -0.15) is 10.2 Å². The van der Waals surface area contributed by atoms with Crippen molar-refractivity contribution < 1.29 is 4.79 Å². The van der Waals surface area contributed by atoms with Gasteiger partial charge in [-0.25, -0.2) is 10.2 Å². The first-order chi connectivity index (χ1) is 12.0. The van der Waals surface area contributed by atoms with Crippen molar-refractivity contribution in [3.05, 3.63) is 17.0 Å². The summed E-state index contributed by atoms with van der Waals surface area (Å²) in [4.78, 5) is 12.4. The molecule has 6 nitrogen and oxygen atoms in total. The molecule has 0 spiro atoms. The minimum atomic E-state index is -0.170. The lowest BCUT2D eigenvalue weighted by Crippen LogP contribution is -2.61. The molecule has 5 rings (SSSR count). The maximum Gasteiger partial charge on any atom is 0.335 e. The quantitative estimate of drug-likeness (QED) is 0.651. The van der Waals surface area contributed by atoms with Gasteiger partial charge in [0.1, 0.15) is 0 Å². The number of aromatic nitrogens is 2. The van der Waals surface area contributed by atoms with Crippen LogP contribution in [0.4, 0.5) is 4.79 Å². The van der Waals surface area contributed by atoms with Gasteiger partial charge in [-0.15, -0.1) is 0 Å². The largest absolute Gasteiger partial charge is 0.335 e. The average Bonchev–Trinajstić information content (AvgIpc) is 2.80. The summed E-state index contributed by atoms with van der Waals surface area (Å²) in [7, 11) is 0. The molecule has 4 saturated carbocycles. The first-order valence-corrected chi connectivity index (χ1v) is 9.63. The van der Waals surface area contributed by atoms with E-state index in [1.807, 2.05) is 18.5 Å². The van der Waals surface area contributed by atoms with Crippen molar-refractivity contribution >= 4 is 12.2 Å². The van der Waals surface area contributed by atoms with E-state index in [1.54, 1.807) is 6.21 Å². The summed E-state index contributed by atoms with van der Waals surface area (Å²) >= 11 is 0. The van der Waals surface area contributed by atoms with E-state index in [0.717, 1.165) is 60.5 Å². The fourth-order valence-electron chi connectivity index (χ4n) is 5.89. The predicted molar refractivity (Wildman–Crippen MR) is 97.5 cm³/mol. The lowest BCUT2D eigenvalue weighted by Gasteiger charge is -2.56. The molecule has 4 aliphatic rings. The highest BCUT2D eigenvalue weighted by atomic mass is 16.2. The van der Waals surface area contributed by atoms with E-state index in [2.05, 4.69) is 27.9 Å². The lowest BCUT2D eigenvalue weighted by atomic mass is 9.53. The van der Waals surface area contributed by atoms with Crippen molar-refractivity contribution in [2.75, 3.05) is 0 Å². The van der Waals surface area contributed by atoms with Gasteiger partial charge in [-0.3, -0.25) is 4.68 Å². The predicted octanol–water partition coefficient (Wildman–Crippen LogP) is 3.12. The van der Waals surface area contributed by atoms with Crippen LogP contribution in [0.25, 0.3) is 0 Å². The van der Waals surface area contributed by atoms with Crippen molar-refractivity contribution in [1.82, 2.24) is 20.5 Å². The standard InChI is InChI=1S/C19H29N5O/c1-4-24-13(3)17(12(2)23-24)11-20-22-18(25)21-19-8-14-5-15(9-19)7-16(6-14)10-19/h11,14-16H,4-10H2,1-3H3,(H2,21,22,25). The van der Waals surface area contributed by atoms with E-state index in [1.165, 1.54) is 19.3 Å². The van der Waals surface area contributed by atoms with Crippen LogP contribution in [0.1, 0.15) is 62.4 Å². The highest BCUT2D eigenvalue weighted by Gasteiger charge is 2.51. The Morgan fingerprint density at radius 1 is 1.24 bits per heavy atom. The molecular formula is C19H29N5O. The third-order valence-electron chi connectivity index (χ3n) is 6.51. The number of nitrogens with one attached hydrogen (secondary N) is 2. The van der Waals surface area contributed by atoms with Gasteiger partial charge >= 0.3 is 6.03 Å². The summed E-state index contributed by atoms with van der Waals surface area (Å²) in [6, 6.07) is -0.170. The highest BCUT2D eigenvalue weighted by molar-refractivity contribution is 5.84. The van der Waals surface area contributed by atoms with Gasteiger partial charge in [0, 0.05) is 23.3 Å². The Morgan fingerprint density at radius 3 is 2.36 bits per heavy atom. The number of carbonyl (C=O) groups is 1. The van der Waals surface area contributed by atoms with Gasteiger partial charge in [0.05, 0.1) is 11.9 Å². The zero-order valence-electron chi connectivity index (χ0n) is 15.5. The molecule has 4 bridgehead atoms. The SMILES string of the molecule is CCn1nc(C)c(C=NNC(=O)NC23CC4CC(CC(C4)C2)C3)c1C. The summed E-state index contributed by atoms with van der Waals surface area (Å²) < 4.78 is 1.95.